The molecule has 1 aliphatic rings. The predicted molar refractivity (Wildman–Crippen MR) is 62.4 cm³/mol. The molecule has 0 bridgehead atoms. The Bertz CT molecular complexity index is 310. The topological polar surface area (TPSA) is 24.9 Å². The summed E-state index contributed by atoms with van der Waals surface area (Å²) >= 11 is 3.41. The summed E-state index contributed by atoms with van der Waals surface area (Å²) in [5, 5.41) is 3.46. The Morgan fingerprint density at radius 3 is 3.00 bits per heavy atom. The average molecular weight is 255 g/mol. The number of hydrogen-bond acceptors (Lipinski definition) is 2. The van der Waals surface area contributed by atoms with Crippen molar-refractivity contribution in [3.8, 4) is 0 Å². The van der Waals surface area contributed by atoms with Gasteiger partial charge in [-0.3, -0.25) is 4.98 Å². The first-order valence-corrected chi connectivity index (χ1v) is 5.90. The summed E-state index contributed by atoms with van der Waals surface area (Å²) in [4.78, 5) is 4.12. The van der Waals surface area contributed by atoms with Gasteiger partial charge in [0.15, 0.2) is 0 Å². The van der Waals surface area contributed by atoms with Crippen molar-refractivity contribution in [3.05, 3.63) is 22.9 Å². The highest BCUT2D eigenvalue weighted by molar-refractivity contribution is 9.10. The number of nitrogens with one attached hydrogen (secondary N) is 1. The van der Waals surface area contributed by atoms with Crippen LogP contribution in [-0.2, 0) is 0 Å². The van der Waals surface area contributed by atoms with E-state index < -0.39 is 0 Å². The van der Waals surface area contributed by atoms with E-state index in [0.29, 0.717) is 6.04 Å². The van der Waals surface area contributed by atoms with Crippen LogP contribution in [0.5, 0.6) is 0 Å². The molecular weight excluding hydrogens is 240 g/mol. The summed E-state index contributed by atoms with van der Waals surface area (Å²) in [6, 6.07) is 2.62. The highest BCUT2D eigenvalue weighted by Gasteiger charge is 2.23. The smallest absolute Gasteiger partial charge is 0.0540 e. The van der Waals surface area contributed by atoms with E-state index in [4.69, 9.17) is 0 Å². The second-order valence-electron chi connectivity index (χ2n) is 4.12. The zero-order valence-electron chi connectivity index (χ0n) is 8.33. The van der Waals surface area contributed by atoms with Crippen molar-refractivity contribution in [1.29, 1.82) is 0 Å². The van der Waals surface area contributed by atoms with Crippen molar-refractivity contribution < 1.29 is 0 Å². The maximum atomic E-state index is 4.12. The van der Waals surface area contributed by atoms with E-state index in [-0.39, 0.29) is 0 Å². The lowest BCUT2D eigenvalue weighted by molar-refractivity contribution is 0.642. The minimum Gasteiger partial charge on any atom is -0.381 e. The van der Waals surface area contributed by atoms with Gasteiger partial charge in [0.05, 0.1) is 11.9 Å². The summed E-state index contributed by atoms with van der Waals surface area (Å²) in [5.41, 5.74) is 1.10. The van der Waals surface area contributed by atoms with Gasteiger partial charge in [0.1, 0.15) is 0 Å². The Morgan fingerprint density at radius 2 is 2.36 bits per heavy atom. The molecule has 1 heterocycles. The van der Waals surface area contributed by atoms with E-state index in [1.165, 1.54) is 19.3 Å². The first-order valence-electron chi connectivity index (χ1n) is 5.11. The molecule has 3 heteroatoms. The van der Waals surface area contributed by atoms with Gasteiger partial charge >= 0.3 is 0 Å². The quantitative estimate of drug-likeness (QED) is 0.891. The van der Waals surface area contributed by atoms with Crippen LogP contribution in [0.4, 0.5) is 5.69 Å². The van der Waals surface area contributed by atoms with Gasteiger partial charge in [-0.2, -0.15) is 0 Å². The molecule has 0 radical (unpaired) electrons. The Hall–Kier alpha value is -0.570. The highest BCUT2D eigenvalue weighted by Crippen LogP contribution is 2.34. The molecule has 0 aromatic carbocycles. The van der Waals surface area contributed by atoms with E-state index in [0.717, 1.165) is 16.1 Å². The Morgan fingerprint density at radius 1 is 1.57 bits per heavy atom. The lowest BCUT2D eigenvalue weighted by Gasteiger charge is -2.14. The second-order valence-corrected chi connectivity index (χ2v) is 5.03. The first kappa shape index (κ1) is 9.97. The van der Waals surface area contributed by atoms with Crippen molar-refractivity contribution in [2.45, 2.75) is 32.2 Å². The summed E-state index contributed by atoms with van der Waals surface area (Å²) < 4.78 is 1.03. The maximum Gasteiger partial charge on any atom is 0.0540 e. The Kier molecular flexibility index (Phi) is 3.06. The molecule has 1 saturated carbocycles. The largest absolute Gasteiger partial charge is 0.381 e. The molecule has 1 N–H and O–H groups in total. The Balaban J connectivity index is 1.88. The number of pyridine rings is 1. The van der Waals surface area contributed by atoms with E-state index >= 15 is 0 Å². The fourth-order valence-corrected chi connectivity index (χ4v) is 2.05. The lowest BCUT2D eigenvalue weighted by Crippen LogP contribution is -2.15. The third-order valence-electron chi connectivity index (χ3n) is 2.50. The van der Waals surface area contributed by atoms with Crippen LogP contribution in [0.1, 0.15) is 26.2 Å². The molecule has 1 aromatic rings. The van der Waals surface area contributed by atoms with Crippen LogP contribution in [0.15, 0.2) is 22.9 Å². The number of halogens is 1. The summed E-state index contributed by atoms with van der Waals surface area (Å²) in [6.45, 7) is 2.24. The molecule has 1 atom stereocenters. The molecule has 1 fully saturated rings. The molecular formula is C11H15BrN2. The van der Waals surface area contributed by atoms with Gasteiger partial charge in [-0.05, 0) is 41.3 Å². The molecule has 0 saturated heterocycles. The van der Waals surface area contributed by atoms with Crippen LogP contribution < -0.4 is 5.32 Å². The van der Waals surface area contributed by atoms with Crippen molar-refractivity contribution >= 4 is 21.6 Å². The fraction of sp³-hybridized carbons (Fsp3) is 0.545. The molecule has 2 nitrogen and oxygen atoms in total. The molecule has 0 aliphatic heterocycles. The van der Waals surface area contributed by atoms with Crippen LogP contribution in [0, 0.1) is 5.92 Å². The minimum atomic E-state index is 0.554. The molecule has 76 valence electrons. The van der Waals surface area contributed by atoms with Crippen LogP contribution in [0.3, 0.4) is 0 Å². The third kappa shape index (κ3) is 2.98. The molecule has 0 amide bonds. The normalized spacial score (nSPS) is 17.9. The molecule has 2 rings (SSSR count). The van der Waals surface area contributed by atoms with E-state index in [2.05, 4.69) is 39.2 Å². The van der Waals surface area contributed by atoms with Gasteiger partial charge in [0, 0.05) is 16.7 Å². The second kappa shape index (κ2) is 4.30. The molecule has 1 unspecified atom stereocenters. The van der Waals surface area contributed by atoms with Crippen molar-refractivity contribution in [2.75, 3.05) is 5.32 Å². The van der Waals surface area contributed by atoms with Crippen molar-refractivity contribution in [2.24, 2.45) is 5.92 Å². The highest BCUT2D eigenvalue weighted by atomic mass is 79.9. The van der Waals surface area contributed by atoms with Gasteiger partial charge in [0.2, 0.25) is 0 Å². The number of nitrogens with zero attached hydrogens (tertiary/aromatic N) is 1. The predicted octanol–water partition coefficient (Wildman–Crippen LogP) is 3.44. The molecule has 14 heavy (non-hydrogen) atoms. The van der Waals surface area contributed by atoms with E-state index in [1.54, 1.807) is 6.20 Å². The van der Waals surface area contributed by atoms with Crippen molar-refractivity contribution in [3.63, 3.8) is 0 Å². The SMILES string of the molecule is CC(CC1CC1)Nc1cncc(Br)c1. The Labute approximate surface area is 93.3 Å². The van der Waals surface area contributed by atoms with Crippen LogP contribution in [0.2, 0.25) is 0 Å². The molecule has 0 spiro atoms. The zero-order chi connectivity index (χ0) is 9.97. The monoisotopic (exact) mass is 254 g/mol. The van der Waals surface area contributed by atoms with E-state index in [9.17, 15) is 0 Å². The molecule has 1 aliphatic carbocycles. The van der Waals surface area contributed by atoms with Gasteiger partial charge < -0.3 is 5.32 Å². The zero-order valence-corrected chi connectivity index (χ0v) is 9.92. The number of anilines is 1. The van der Waals surface area contributed by atoms with Crippen molar-refractivity contribution in [1.82, 2.24) is 4.98 Å². The van der Waals surface area contributed by atoms with Gasteiger partial charge in [-0.1, -0.05) is 12.8 Å². The number of rotatable bonds is 4. The standard InChI is InChI=1S/C11H15BrN2/c1-8(4-9-2-3-9)14-11-5-10(12)6-13-7-11/h5-9,14H,2-4H2,1H3. The summed E-state index contributed by atoms with van der Waals surface area (Å²) in [7, 11) is 0. The minimum absolute atomic E-state index is 0.554. The van der Waals surface area contributed by atoms with Gasteiger partial charge in [-0.25, -0.2) is 0 Å². The fourth-order valence-electron chi connectivity index (χ4n) is 1.69. The van der Waals surface area contributed by atoms with Crippen LogP contribution in [0.25, 0.3) is 0 Å². The lowest BCUT2D eigenvalue weighted by atomic mass is 10.1. The van der Waals surface area contributed by atoms with Gasteiger partial charge in [-0.15, -0.1) is 0 Å². The number of hydrogen-bond donors (Lipinski definition) is 1. The third-order valence-corrected chi connectivity index (χ3v) is 2.94. The van der Waals surface area contributed by atoms with Gasteiger partial charge in [0.25, 0.3) is 0 Å². The number of aromatic nitrogens is 1. The van der Waals surface area contributed by atoms with Crippen LogP contribution >= 0.6 is 15.9 Å². The molecule has 1 aromatic heterocycles. The maximum absolute atomic E-state index is 4.12. The van der Waals surface area contributed by atoms with Crippen LogP contribution in [-0.4, -0.2) is 11.0 Å². The summed E-state index contributed by atoms with van der Waals surface area (Å²) in [6.07, 6.45) is 7.79. The average Bonchev–Trinajstić information content (AvgIpc) is 2.87. The van der Waals surface area contributed by atoms with E-state index in [1.807, 2.05) is 6.20 Å². The first-order chi connectivity index (χ1) is 6.74. The summed E-state index contributed by atoms with van der Waals surface area (Å²) in [5.74, 6) is 0.970.